The van der Waals surface area contributed by atoms with Gasteiger partial charge in [-0.15, -0.1) is 0 Å². The summed E-state index contributed by atoms with van der Waals surface area (Å²) in [6, 6.07) is 3.20. The van der Waals surface area contributed by atoms with Crippen molar-refractivity contribution >= 4 is 16.7 Å². The number of nitrogens with zero attached hydrogens (tertiary/aromatic N) is 2. The number of aromatic amines is 2. The summed E-state index contributed by atoms with van der Waals surface area (Å²) in [5.74, 6) is 0.727. The van der Waals surface area contributed by atoms with E-state index in [4.69, 9.17) is 4.74 Å². The molecule has 25 heavy (non-hydrogen) atoms. The maximum atomic E-state index is 13.7. The minimum Gasteiger partial charge on any atom is -0.381 e. The lowest BCUT2D eigenvalue weighted by atomic mass is 9.97. The summed E-state index contributed by atoms with van der Waals surface area (Å²) in [5.41, 5.74) is 4.43. The number of anilines is 1. The van der Waals surface area contributed by atoms with Gasteiger partial charge in [-0.05, 0) is 31.4 Å². The van der Waals surface area contributed by atoms with E-state index in [1.165, 1.54) is 6.07 Å². The van der Waals surface area contributed by atoms with Crippen molar-refractivity contribution in [2.75, 3.05) is 18.5 Å². The number of ether oxygens (including phenoxy) is 1. The van der Waals surface area contributed by atoms with Gasteiger partial charge in [0, 0.05) is 30.9 Å². The van der Waals surface area contributed by atoms with Crippen molar-refractivity contribution in [3.63, 3.8) is 0 Å². The molecule has 1 saturated heterocycles. The number of fused-ring (bicyclic) bond motifs is 1. The normalized spacial score (nSPS) is 15.6. The fraction of sp³-hybridized carbons (Fsp3) is 0.333. The molecular formula is C18H20FN5O. The topological polar surface area (TPSA) is 78.6 Å². The van der Waals surface area contributed by atoms with Crippen molar-refractivity contribution in [2.24, 2.45) is 5.92 Å². The lowest BCUT2D eigenvalue weighted by molar-refractivity contribution is 0.0761. The number of nitrogens with one attached hydrogen (secondary N) is 3. The van der Waals surface area contributed by atoms with E-state index in [9.17, 15) is 4.39 Å². The third kappa shape index (κ3) is 3.02. The van der Waals surface area contributed by atoms with Crippen LogP contribution in [0.25, 0.3) is 22.6 Å². The number of benzene rings is 1. The second-order valence-electron chi connectivity index (χ2n) is 6.40. The van der Waals surface area contributed by atoms with E-state index < -0.39 is 0 Å². The molecule has 0 bridgehead atoms. The molecule has 0 unspecified atom stereocenters. The van der Waals surface area contributed by atoms with Gasteiger partial charge >= 0.3 is 0 Å². The molecule has 2 aromatic heterocycles. The Morgan fingerprint density at radius 2 is 2.16 bits per heavy atom. The average Bonchev–Trinajstić information content (AvgIpc) is 3.22. The predicted molar refractivity (Wildman–Crippen MR) is 94.7 cm³/mol. The van der Waals surface area contributed by atoms with E-state index in [0.717, 1.165) is 48.7 Å². The molecule has 7 heteroatoms. The lowest BCUT2D eigenvalue weighted by Gasteiger charge is -2.24. The molecule has 4 rings (SSSR count). The van der Waals surface area contributed by atoms with Gasteiger partial charge in [0.2, 0.25) is 0 Å². The van der Waals surface area contributed by atoms with Crippen molar-refractivity contribution in [3.8, 4) is 11.5 Å². The van der Waals surface area contributed by atoms with Gasteiger partial charge < -0.3 is 15.0 Å². The molecule has 0 radical (unpaired) electrons. The number of hydrogen-bond donors (Lipinski definition) is 3. The highest BCUT2D eigenvalue weighted by molar-refractivity contribution is 5.82. The highest BCUT2D eigenvalue weighted by Gasteiger charge is 2.19. The standard InChI is InChI=1S/C18H20FN5O/c1-10-7-14-15(8-13(10)19)23-18(22-14)17-16(9-20-24-17)21-11(2)12-3-5-25-6-4-12/h7-9,12,21H,2-6H2,1H3,(H,20,24)(H,22,23). The molecule has 6 nitrogen and oxygen atoms in total. The number of rotatable bonds is 4. The molecule has 3 heterocycles. The highest BCUT2D eigenvalue weighted by atomic mass is 19.1. The quantitative estimate of drug-likeness (QED) is 0.675. The van der Waals surface area contributed by atoms with Gasteiger partial charge in [0.15, 0.2) is 5.82 Å². The Labute approximate surface area is 144 Å². The molecule has 3 N–H and O–H groups in total. The molecule has 1 aromatic carbocycles. The number of allylic oxidation sites excluding steroid dienone is 1. The van der Waals surface area contributed by atoms with E-state index in [1.807, 2.05) is 0 Å². The Morgan fingerprint density at radius 1 is 1.36 bits per heavy atom. The summed E-state index contributed by atoms with van der Waals surface area (Å²) >= 11 is 0. The summed E-state index contributed by atoms with van der Waals surface area (Å²) < 4.78 is 19.1. The maximum Gasteiger partial charge on any atom is 0.158 e. The van der Waals surface area contributed by atoms with Crippen molar-refractivity contribution < 1.29 is 9.13 Å². The van der Waals surface area contributed by atoms with Gasteiger partial charge in [0.25, 0.3) is 0 Å². The van der Waals surface area contributed by atoms with Gasteiger partial charge in [-0.2, -0.15) is 5.10 Å². The first kappa shape index (κ1) is 15.8. The molecule has 3 aromatic rings. The Morgan fingerprint density at radius 3 is 2.96 bits per heavy atom. The van der Waals surface area contributed by atoms with Gasteiger partial charge in [-0.25, -0.2) is 9.37 Å². The number of H-pyrrole nitrogens is 2. The van der Waals surface area contributed by atoms with Gasteiger partial charge in [-0.1, -0.05) is 6.58 Å². The van der Waals surface area contributed by atoms with Crippen LogP contribution in [0.5, 0.6) is 0 Å². The molecule has 0 saturated carbocycles. The second-order valence-corrected chi connectivity index (χ2v) is 6.40. The Hall–Kier alpha value is -2.67. The molecule has 1 aliphatic heterocycles. The first-order valence-corrected chi connectivity index (χ1v) is 8.35. The first-order valence-electron chi connectivity index (χ1n) is 8.35. The summed E-state index contributed by atoms with van der Waals surface area (Å²) in [7, 11) is 0. The zero-order valence-corrected chi connectivity index (χ0v) is 14.0. The molecular weight excluding hydrogens is 321 g/mol. The van der Waals surface area contributed by atoms with Crippen LogP contribution < -0.4 is 5.32 Å². The minimum absolute atomic E-state index is 0.263. The van der Waals surface area contributed by atoms with Crippen molar-refractivity contribution in [2.45, 2.75) is 19.8 Å². The van der Waals surface area contributed by atoms with E-state index in [2.05, 4.69) is 32.1 Å². The van der Waals surface area contributed by atoms with Crippen molar-refractivity contribution in [1.29, 1.82) is 0 Å². The van der Waals surface area contributed by atoms with Crippen molar-refractivity contribution in [3.05, 3.63) is 42.0 Å². The van der Waals surface area contributed by atoms with Crippen LogP contribution >= 0.6 is 0 Å². The average molecular weight is 341 g/mol. The zero-order valence-electron chi connectivity index (χ0n) is 14.0. The Kier molecular flexibility index (Phi) is 4.01. The van der Waals surface area contributed by atoms with Crippen LogP contribution in [0.15, 0.2) is 30.6 Å². The summed E-state index contributed by atoms with van der Waals surface area (Å²) in [5, 5.41) is 10.4. The molecule has 0 spiro atoms. The highest BCUT2D eigenvalue weighted by Crippen LogP contribution is 2.30. The molecule has 130 valence electrons. The first-order chi connectivity index (χ1) is 12.1. The van der Waals surface area contributed by atoms with Crippen LogP contribution in [0.1, 0.15) is 18.4 Å². The molecule has 1 fully saturated rings. The van der Waals surface area contributed by atoms with Crippen LogP contribution in [-0.4, -0.2) is 33.4 Å². The molecule has 0 atom stereocenters. The second kappa shape index (κ2) is 6.33. The Bertz CT molecular complexity index is 884. The number of halogens is 1. The van der Waals surface area contributed by atoms with E-state index in [1.54, 1.807) is 19.2 Å². The SMILES string of the molecule is C=C(Nc1cn[nH]c1-c1nc2cc(F)c(C)cc2[nH]1)C1CCOCC1. The summed E-state index contributed by atoms with van der Waals surface area (Å²) in [4.78, 5) is 7.70. The van der Waals surface area contributed by atoms with Crippen LogP contribution in [0.4, 0.5) is 10.1 Å². The lowest BCUT2D eigenvalue weighted by Crippen LogP contribution is -2.20. The largest absolute Gasteiger partial charge is 0.381 e. The summed E-state index contributed by atoms with van der Waals surface area (Å²) in [6.07, 6.45) is 3.63. The molecule has 0 aliphatic carbocycles. The predicted octanol–water partition coefficient (Wildman–Crippen LogP) is 3.75. The number of hydrogen-bond acceptors (Lipinski definition) is 4. The van der Waals surface area contributed by atoms with Gasteiger partial charge in [0.05, 0.1) is 22.9 Å². The fourth-order valence-electron chi connectivity index (χ4n) is 3.14. The smallest absolute Gasteiger partial charge is 0.158 e. The Balaban J connectivity index is 1.61. The number of aromatic nitrogens is 4. The van der Waals surface area contributed by atoms with Crippen LogP contribution in [-0.2, 0) is 4.74 Å². The van der Waals surface area contributed by atoms with Gasteiger partial charge in [-0.3, -0.25) is 5.10 Å². The number of imidazole rings is 1. The van der Waals surface area contributed by atoms with E-state index in [-0.39, 0.29) is 5.82 Å². The van der Waals surface area contributed by atoms with E-state index >= 15 is 0 Å². The molecule has 0 amide bonds. The third-order valence-electron chi connectivity index (χ3n) is 4.65. The fourth-order valence-corrected chi connectivity index (χ4v) is 3.14. The third-order valence-corrected chi connectivity index (χ3v) is 4.65. The van der Waals surface area contributed by atoms with Crippen molar-refractivity contribution in [1.82, 2.24) is 20.2 Å². The van der Waals surface area contributed by atoms with Crippen LogP contribution in [0.2, 0.25) is 0 Å². The number of aryl methyl sites for hydroxylation is 1. The molecule has 1 aliphatic rings. The summed E-state index contributed by atoms with van der Waals surface area (Å²) in [6.45, 7) is 7.42. The van der Waals surface area contributed by atoms with Crippen LogP contribution in [0, 0.1) is 18.7 Å². The maximum absolute atomic E-state index is 13.7. The van der Waals surface area contributed by atoms with Crippen LogP contribution in [0.3, 0.4) is 0 Å². The van der Waals surface area contributed by atoms with Gasteiger partial charge in [0.1, 0.15) is 11.5 Å². The zero-order chi connectivity index (χ0) is 17.4. The van der Waals surface area contributed by atoms with E-state index in [0.29, 0.717) is 22.8 Å². The minimum atomic E-state index is -0.263. The monoisotopic (exact) mass is 341 g/mol.